The molecular weight excluding hydrogens is 520 g/mol. The highest BCUT2D eigenvalue weighted by atomic mass is 32.1. The van der Waals surface area contributed by atoms with E-state index in [1.165, 1.54) is 13.8 Å². The van der Waals surface area contributed by atoms with Gasteiger partial charge >= 0.3 is 11.9 Å². The van der Waals surface area contributed by atoms with Crippen LogP contribution in [0.4, 0.5) is 22.3 Å². The number of azo groups is 1. The summed E-state index contributed by atoms with van der Waals surface area (Å²) >= 11 is 1.02. The molecular formula is C26H26N8O4S. The minimum atomic E-state index is -0.544. The van der Waals surface area contributed by atoms with Gasteiger partial charge in [0, 0.05) is 16.7 Å². The first kappa shape index (κ1) is 30.2. The monoisotopic (exact) mass is 546 g/mol. The van der Waals surface area contributed by atoms with Crippen LogP contribution in [-0.2, 0) is 19.1 Å². The minimum Gasteiger partial charge on any atom is -0.460 e. The van der Waals surface area contributed by atoms with Gasteiger partial charge in [-0.2, -0.15) is 15.8 Å². The lowest BCUT2D eigenvalue weighted by molar-refractivity contribution is -0.139. The second-order valence-electron chi connectivity index (χ2n) is 8.12. The topological polar surface area (TPSA) is 186 Å². The number of thiophene rings is 1. The normalized spacial score (nSPS) is 10.2. The number of hydrogen-bond donors (Lipinski definition) is 2. The maximum absolute atomic E-state index is 11.7. The number of nitriles is 3. The highest BCUT2D eigenvalue weighted by Gasteiger charge is 2.19. The van der Waals surface area contributed by atoms with Crippen LogP contribution < -0.4 is 10.6 Å². The average Bonchev–Trinajstić information content (AvgIpc) is 3.22. The van der Waals surface area contributed by atoms with E-state index >= 15 is 0 Å². The van der Waals surface area contributed by atoms with Crippen molar-refractivity contribution in [2.24, 2.45) is 10.2 Å². The van der Waals surface area contributed by atoms with Gasteiger partial charge in [-0.15, -0.1) is 21.6 Å². The maximum Gasteiger partial charge on any atom is 0.333 e. The highest BCUT2D eigenvalue weighted by molar-refractivity contribution is 7.16. The number of carbonyl (C=O) groups excluding carboxylic acids is 2. The van der Waals surface area contributed by atoms with E-state index in [4.69, 9.17) is 9.47 Å². The number of aromatic nitrogens is 1. The van der Waals surface area contributed by atoms with Gasteiger partial charge in [0.2, 0.25) is 0 Å². The molecule has 200 valence electrons. The van der Waals surface area contributed by atoms with Crippen molar-refractivity contribution >= 4 is 45.6 Å². The number of rotatable bonds is 12. The number of ether oxygens (including phenoxy) is 2. The fraction of sp³-hybridized carbons (Fsp3) is 0.308. The molecule has 0 radical (unpaired) electrons. The van der Waals surface area contributed by atoms with Crippen LogP contribution in [0.3, 0.4) is 0 Å². The van der Waals surface area contributed by atoms with Crippen LogP contribution in [0.1, 0.15) is 41.0 Å². The van der Waals surface area contributed by atoms with Gasteiger partial charge < -0.3 is 20.1 Å². The molecule has 0 saturated heterocycles. The smallest absolute Gasteiger partial charge is 0.333 e. The Bertz CT molecular complexity index is 1470. The lowest BCUT2D eigenvalue weighted by atomic mass is 10.1. The molecule has 2 rings (SSSR count). The van der Waals surface area contributed by atoms with E-state index in [9.17, 15) is 25.4 Å². The minimum absolute atomic E-state index is 0.00312. The van der Waals surface area contributed by atoms with Crippen LogP contribution in [0.25, 0.3) is 0 Å². The van der Waals surface area contributed by atoms with Crippen molar-refractivity contribution < 1.29 is 19.1 Å². The van der Waals surface area contributed by atoms with E-state index in [1.54, 1.807) is 13.8 Å². The van der Waals surface area contributed by atoms with Crippen LogP contribution in [0.15, 0.2) is 34.5 Å². The number of nitrogens with one attached hydrogen (secondary N) is 2. The molecule has 0 spiro atoms. The molecule has 2 heterocycles. The maximum atomic E-state index is 11.7. The van der Waals surface area contributed by atoms with Crippen molar-refractivity contribution in [1.29, 1.82) is 15.8 Å². The molecule has 2 aromatic heterocycles. The summed E-state index contributed by atoms with van der Waals surface area (Å²) in [4.78, 5) is 28.1. The quantitative estimate of drug-likeness (QED) is 0.161. The average molecular weight is 547 g/mol. The van der Waals surface area contributed by atoms with E-state index in [0.717, 1.165) is 11.3 Å². The van der Waals surface area contributed by atoms with Gasteiger partial charge in [0.25, 0.3) is 0 Å². The molecule has 12 nitrogen and oxygen atoms in total. The molecule has 0 aliphatic carbocycles. The van der Waals surface area contributed by atoms with Crippen LogP contribution in [-0.4, -0.2) is 43.2 Å². The van der Waals surface area contributed by atoms with Crippen LogP contribution in [0.2, 0.25) is 0 Å². The number of pyridine rings is 1. The van der Waals surface area contributed by atoms with Crippen molar-refractivity contribution in [3.8, 4) is 18.2 Å². The Morgan fingerprint density at radius 2 is 1.41 bits per heavy atom. The van der Waals surface area contributed by atoms with Crippen molar-refractivity contribution in [1.82, 2.24) is 4.98 Å². The van der Waals surface area contributed by atoms with E-state index in [1.807, 2.05) is 12.1 Å². The molecule has 13 heteroatoms. The van der Waals surface area contributed by atoms with Crippen molar-refractivity contribution in [2.75, 3.05) is 36.9 Å². The third kappa shape index (κ3) is 7.71. The summed E-state index contributed by atoms with van der Waals surface area (Å²) in [5, 5.41) is 43.4. The summed E-state index contributed by atoms with van der Waals surface area (Å²) in [7, 11) is 0. The Kier molecular flexibility index (Phi) is 10.9. The lowest BCUT2D eigenvalue weighted by Crippen LogP contribution is -2.17. The Hall–Kier alpha value is -5.06. The van der Waals surface area contributed by atoms with Gasteiger partial charge in [0.1, 0.15) is 47.8 Å². The predicted molar refractivity (Wildman–Crippen MR) is 145 cm³/mol. The van der Waals surface area contributed by atoms with Gasteiger partial charge in [-0.25, -0.2) is 14.6 Å². The number of nitrogens with zero attached hydrogens (tertiary/aromatic N) is 6. The molecule has 0 atom stereocenters. The van der Waals surface area contributed by atoms with E-state index in [-0.39, 0.29) is 70.9 Å². The largest absolute Gasteiger partial charge is 0.460 e. The third-order valence-corrected chi connectivity index (χ3v) is 6.14. The number of esters is 2. The molecule has 2 aromatic rings. The zero-order valence-electron chi connectivity index (χ0n) is 22.0. The van der Waals surface area contributed by atoms with Gasteiger partial charge in [-0.1, -0.05) is 13.2 Å². The first-order valence-electron chi connectivity index (χ1n) is 11.5. The summed E-state index contributed by atoms with van der Waals surface area (Å²) in [6.07, 6.45) is 0. The molecule has 0 unspecified atom stereocenters. The predicted octanol–water partition coefficient (Wildman–Crippen LogP) is 4.85. The highest BCUT2D eigenvalue weighted by Crippen LogP contribution is 2.38. The van der Waals surface area contributed by atoms with Crippen molar-refractivity contribution in [3.05, 3.63) is 51.4 Å². The van der Waals surface area contributed by atoms with Crippen LogP contribution in [0.5, 0.6) is 0 Å². The molecule has 0 saturated carbocycles. The Labute approximate surface area is 229 Å². The van der Waals surface area contributed by atoms with E-state index in [2.05, 4.69) is 45.1 Å². The molecule has 0 amide bonds. The summed E-state index contributed by atoms with van der Waals surface area (Å²) in [6.45, 7) is 13.7. The first-order valence-corrected chi connectivity index (χ1v) is 12.3. The molecule has 2 N–H and O–H groups in total. The molecule has 0 aromatic carbocycles. The SMILES string of the molecule is C=C(C)C(=O)OCCNc1nc(NCCOC(=O)C(=C)C)c(N=Nc2sc(C#N)c(C)c2C#N)c(C)c1C#N. The second kappa shape index (κ2) is 14.0. The van der Waals surface area contributed by atoms with E-state index in [0.29, 0.717) is 16.0 Å². The Morgan fingerprint density at radius 1 is 0.872 bits per heavy atom. The zero-order valence-corrected chi connectivity index (χ0v) is 22.8. The summed E-state index contributed by atoms with van der Waals surface area (Å²) in [5.74, 6) is -0.657. The zero-order chi connectivity index (χ0) is 29.1. The summed E-state index contributed by atoms with van der Waals surface area (Å²) in [6, 6.07) is 6.16. The van der Waals surface area contributed by atoms with Crippen molar-refractivity contribution in [3.63, 3.8) is 0 Å². The molecule has 39 heavy (non-hydrogen) atoms. The van der Waals surface area contributed by atoms with Gasteiger partial charge in [0.05, 0.1) is 24.2 Å². The standard InChI is InChI=1S/C26H26N8O4S/c1-14(2)25(35)37-9-7-30-22-18(11-27)17(6)21(23(32-22)31-8-10-38-26(36)15(3)4)33-34-24-19(12-28)16(5)20(13-29)39-24/h1,3,7-10H2,2,4-6H3,(H2,30,31,32). The number of anilines is 2. The summed E-state index contributed by atoms with van der Waals surface area (Å²) < 4.78 is 10.2. The van der Waals surface area contributed by atoms with Crippen LogP contribution >= 0.6 is 11.3 Å². The molecule has 0 bridgehead atoms. The molecule has 0 fully saturated rings. The van der Waals surface area contributed by atoms with Gasteiger partial charge in [-0.3, -0.25) is 0 Å². The van der Waals surface area contributed by atoms with E-state index < -0.39 is 11.9 Å². The Morgan fingerprint density at radius 3 is 1.90 bits per heavy atom. The number of carbonyl (C=O) groups is 2. The molecule has 0 aliphatic heterocycles. The fourth-order valence-corrected chi connectivity index (χ4v) is 3.86. The Balaban J connectivity index is 2.43. The summed E-state index contributed by atoms with van der Waals surface area (Å²) in [5.41, 5.74) is 2.07. The molecule has 0 aliphatic rings. The first-order chi connectivity index (χ1) is 18.5. The van der Waals surface area contributed by atoms with Crippen LogP contribution in [0, 0.1) is 47.8 Å². The third-order valence-electron chi connectivity index (χ3n) is 5.06. The number of hydrogen-bond acceptors (Lipinski definition) is 13. The van der Waals surface area contributed by atoms with Gasteiger partial charge in [-0.05, 0) is 33.3 Å². The van der Waals surface area contributed by atoms with Crippen molar-refractivity contribution in [2.45, 2.75) is 27.7 Å². The second-order valence-corrected chi connectivity index (χ2v) is 9.11. The lowest BCUT2D eigenvalue weighted by Gasteiger charge is -2.15. The van der Waals surface area contributed by atoms with Gasteiger partial charge in [0.15, 0.2) is 10.8 Å². The fourth-order valence-electron chi connectivity index (χ4n) is 2.98.